The van der Waals surface area contributed by atoms with Crippen molar-refractivity contribution in [1.29, 1.82) is 0 Å². The molecular weight excluding hydrogens is 324 g/mol. The number of aromatic nitrogens is 4. The molecule has 0 spiro atoms. The Balaban J connectivity index is 1.65. The summed E-state index contributed by atoms with van der Waals surface area (Å²) in [6, 6.07) is 7.72. The summed E-state index contributed by atoms with van der Waals surface area (Å²) < 4.78 is 16.2. The average Bonchev–Trinajstić information content (AvgIpc) is 3.09. The third-order valence-corrected chi connectivity index (χ3v) is 3.74. The van der Waals surface area contributed by atoms with Crippen molar-refractivity contribution in [3.63, 3.8) is 0 Å². The van der Waals surface area contributed by atoms with E-state index >= 15 is 0 Å². The SMILES string of the molecule is COc1ccccc1Cc1nnn(C2CC=CC(COC(C)=O)O2)n1. The van der Waals surface area contributed by atoms with Crippen molar-refractivity contribution >= 4 is 5.97 Å². The number of methoxy groups -OCH3 is 1. The van der Waals surface area contributed by atoms with Gasteiger partial charge in [0.05, 0.1) is 7.11 Å². The number of benzene rings is 1. The van der Waals surface area contributed by atoms with Crippen LogP contribution in [-0.2, 0) is 20.7 Å². The van der Waals surface area contributed by atoms with Gasteiger partial charge in [-0.05, 0) is 11.3 Å². The first-order valence-electron chi connectivity index (χ1n) is 8.01. The fourth-order valence-corrected chi connectivity index (χ4v) is 2.56. The second-order valence-electron chi connectivity index (χ2n) is 5.61. The van der Waals surface area contributed by atoms with E-state index in [-0.39, 0.29) is 24.9 Å². The molecule has 2 unspecified atom stereocenters. The second-order valence-corrected chi connectivity index (χ2v) is 5.61. The lowest BCUT2D eigenvalue weighted by Crippen LogP contribution is -2.28. The summed E-state index contributed by atoms with van der Waals surface area (Å²) in [5.74, 6) is 1.04. The Morgan fingerprint density at radius 3 is 3.04 bits per heavy atom. The maximum Gasteiger partial charge on any atom is 0.302 e. The second kappa shape index (κ2) is 7.89. The Kier molecular flexibility index (Phi) is 5.39. The average molecular weight is 344 g/mol. The van der Waals surface area contributed by atoms with Crippen LogP contribution in [0.3, 0.4) is 0 Å². The van der Waals surface area contributed by atoms with E-state index in [9.17, 15) is 4.79 Å². The monoisotopic (exact) mass is 344 g/mol. The number of para-hydroxylation sites is 1. The van der Waals surface area contributed by atoms with Crippen LogP contribution in [0.2, 0.25) is 0 Å². The number of ether oxygens (including phenoxy) is 3. The quantitative estimate of drug-likeness (QED) is 0.582. The van der Waals surface area contributed by atoms with Crippen molar-refractivity contribution in [1.82, 2.24) is 20.2 Å². The zero-order valence-electron chi connectivity index (χ0n) is 14.2. The maximum absolute atomic E-state index is 10.9. The molecule has 8 nitrogen and oxygen atoms in total. The molecule has 2 atom stereocenters. The molecule has 1 aliphatic heterocycles. The normalized spacial score (nSPS) is 19.6. The van der Waals surface area contributed by atoms with Crippen LogP contribution in [0.4, 0.5) is 0 Å². The molecule has 0 fully saturated rings. The minimum Gasteiger partial charge on any atom is -0.496 e. The van der Waals surface area contributed by atoms with Gasteiger partial charge in [0.15, 0.2) is 12.1 Å². The lowest BCUT2D eigenvalue weighted by atomic mass is 10.1. The third kappa shape index (κ3) is 4.42. The summed E-state index contributed by atoms with van der Waals surface area (Å²) in [6.07, 6.45) is 4.29. The molecule has 132 valence electrons. The number of hydrogen-bond donors (Lipinski definition) is 0. The maximum atomic E-state index is 10.9. The van der Waals surface area contributed by atoms with Crippen molar-refractivity contribution in [2.24, 2.45) is 0 Å². The number of rotatable bonds is 6. The van der Waals surface area contributed by atoms with Gasteiger partial charge in [-0.15, -0.1) is 15.0 Å². The Bertz CT molecular complexity index is 759. The van der Waals surface area contributed by atoms with E-state index in [0.29, 0.717) is 18.7 Å². The van der Waals surface area contributed by atoms with Crippen molar-refractivity contribution in [3.05, 3.63) is 47.8 Å². The molecule has 2 aromatic rings. The Morgan fingerprint density at radius 1 is 1.40 bits per heavy atom. The smallest absolute Gasteiger partial charge is 0.302 e. The summed E-state index contributed by atoms with van der Waals surface area (Å²) in [5.41, 5.74) is 0.988. The molecule has 25 heavy (non-hydrogen) atoms. The number of esters is 1. The van der Waals surface area contributed by atoms with Crippen LogP contribution in [0.5, 0.6) is 5.75 Å². The minimum atomic E-state index is -0.371. The predicted molar refractivity (Wildman–Crippen MR) is 87.9 cm³/mol. The number of carbonyl (C=O) groups excluding carboxylic acids is 1. The van der Waals surface area contributed by atoms with Crippen LogP contribution < -0.4 is 4.74 Å². The van der Waals surface area contributed by atoms with E-state index in [1.54, 1.807) is 7.11 Å². The Hall–Kier alpha value is -2.74. The first-order chi connectivity index (χ1) is 12.2. The molecule has 3 rings (SSSR count). The number of nitrogens with zero attached hydrogens (tertiary/aromatic N) is 4. The molecule has 1 aromatic heterocycles. The van der Waals surface area contributed by atoms with Crippen LogP contribution in [0.1, 0.15) is 31.0 Å². The molecule has 2 heterocycles. The van der Waals surface area contributed by atoms with Gasteiger partial charge in [0.1, 0.15) is 18.5 Å². The highest BCUT2D eigenvalue weighted by atomic mass is 16.6. The minimum absolute atomic E-state index is 0.172. The molecule has 0 aliphatic carbocycles. The van der Waals surface area contributed by atoms with Crippen molar-refractivity contribution in [2.75, 3.05) is 13.7 Å². The highest BCUT2D eigenvalue weighted by Gasteiger charge is 2.23. The van der Waals surface area contributed by atoms with E-state index in [2.05, 4.69) is 15.4 Å². The summed E-state index contributed by atoms with van der Waals surface area (Å²) in [4.78, 5) is 12.4. The van der Waals surface area contributed by atoms with Crippen LogP contribution in [-0.4, -0.2) is 46.0 Å². The van der Waals surface area contributed by atoms with Gasteiger partial charge in [0.25, 0.3) is 0 Å². The van der Waals surface area contributed by atoms with Crippen molar-refractivity contribution in [2.45, 2.75) is 32.1 Å². The highest BCUT2D eigenvalue weighted by molar-refractivity contribution is 5.65. The van der Waals surface area contributed by atoms with Crippen LogP contribution >= 0.6 is 0 Å². The van der Waals surface area contributed by atoms with Gasteiger partial charge in [0, 0.05) is 25.3 Å². The molecule has 0 bridgehead atoms. The number of tetrazole rings is 1. The summed E-state index contributed by atoms with van der Waals surface area (Å²) >= 11 is 0. The van der Waals surface area contributed by atoms with Crippen LogP contribution in [0.25, 0.3) is 0 Å². The molecule has 8 heteroatoms. The van der Waals surface area contributed by atoms with E-state index in [4.69, 9.17) is 14.2 Å². The summed E-state index contributed by atoms with van der Waals surface area (Å²) in [6.45, 7) is 1.54. The molecule has 1 aromatic carbocycles. The molecule has 0 N–H and O–H groups in total. The molecule has 1 aliphatic rings. The topological polar surface area (TPSA) is 88.4 Å². The lowest BCUT2D eigenvalue weighted by Gasteiger charge is -2.24. The van der Waals surface area contributed by atoms with Gasteiger partial charge in [-0.1, -0.05) is 30.4 Å². The van der Waals surface area contributed by atoms with E-state index in [0.717, 1.165) is 11.3 Å². The highest BCUT2D eigenvalue weighted by Crippen LogP contribution is 2.22. The molecular formula is C17H20N4O4. The number of carbonyl (C=O) groups is 1. The molecule has 0 saturated carbocycles. The molecule has 0 saturated heterocycles. The summed E-state index contributed by atoms with van der Waals surface area (Å²) in [5, 5.41) is 12.6. The van der Waals surface area contributed by atoms with Gasteiger partial charge in [-0.2, -0.15) is 0 Å². The van der Waals surface area contributed by atoms with E-state index < -0.39 is 0 Å². The zero-order valence-corrected chi connectivity index (χ0v) is 14.2. The lowest BCUT2D eigenvalue weighted by molar-refractivity contribution is -0.148. The zero-order chi connectivity index (χ0) is 17.6. The van der Waals surface area contributed by atoms with E-state index in [1.165, 1.54) is 11.7 Å². The van der Waals surface area contributed by atoms with Gasteiger partial charge in [-0.25, -0.2) is 0 Å². The van der Waals surface area contributed by atoms with Crippen LogP contribution in [0, 0.1) is 0 Å². The fourth-order valence-electron chi connectivity index (χ4n) is 2.56. The fraction of sp³-hybridized carbons (Fsp3) is 0.412. The number of hydrogen-bond acceptors (Lipinski definition) is 7. The van der Waals surface area contributed by atoms with Gasteiger partial charge < -0.3 is 14.2 Å². The largest absolute Gasteiger partial charge is 0.496 e. The van der Waals surface area contributed by atoms with E-state index in [1.807, 2.05) is 36.4 Å². The standard InChI is InChI=1S/C17H20N4O4/c1-12(22)24-11-14-7-5-9-17(25-14)21-19-16(18-20-21)10-13-6-3-4-8-15(13)23-2/h3-8,14,17H,9-11H2,1-2H3. The third-order valence-electron chi connectivity index (χ3n) is 3.74. The first kappa shape index (κ1) is 17.1. The molecule has 0 radical (unpaired) electrons. The van der Waals surface area contributed by atoms with Crippen molar-refractivity contribution < 1.29 is 19.0 Å². The first-order valence-corrected chi connectivity index (χ1v) is 8.01. The van der Waals surface area contributed by atoms with Crippen LogP contribution in [0.15, 0.2) is 36.4 Å². The Labute approximate surface area is 145 Å². The summed E-state index contributed by atoms with van der Waals surface area (Å²) in [7, 11) is 1.63. The Morgan fingerprint density at radius 2 is 2.24 bits per heavy atom. The van der Waals surface area contributed by atoms with Crippen molar-refractivity contribution in [3.8, 4) is 5.75 Å². The molecule has 0 amide bonds. The van der Waals surface area contributed by atoms with Gasteiger partial charge in [-0.3, -0.25) is 4.79 Å². The predicted octanol–water partition coefficient (Wildman–Crippen LogP) is 1.68. The van der Waals surface area contributed by atoms with Gasteiger partial charge >= 0.3 is 5.97 Å². The van der Waals surface area contributed by atoms with Gasteiger partial charge in [0.2, 0.25) is 0 Å².